The molecule has 59 heavy (non-hydrogen) atoms. The van der Waals surface area contributed by atoms with E-state index in [4.69, 9.17) is 41.9 Å². The smallest absolute Gasteiger partial charge is 0.206 e. The highest BCUT2D eigenvalue weighted by molar-refractivity contribution is 7.91. The average Bonchev–Trinajstić information content (AvgIpc) is 3.22. The van der Waals surface area contributed by atoms with Crippen LogP contribution < -0.4 is 41.9 Å². The van der Waals surface area contributed by atoms with Crippen LogP contribution in [0.25, 0.3) is 11.1 Å². The lowest BCUT2D eigenvalue weighted by Gasteiger charge is -2.10. The van der Waals surface area contributed by atoms with Gasteiger partial charge in [-0.2, -0.15) is 0 Å². The van der Waals surface area contributed by atoms with E-state index in [1.807, 2.05) is 84.9 Å². The Balaban J connectivity index is 0.000000180. The summed E-state index contributed by atoms with van der Waals surface area (Å²) in [5.41, 5.74) is 27.8. The minimum atomic E-state index is -3.68. The number of benzene rings is 8. The van der Waals surface area contributed by atoms with Crippen LogP contribution in [0.2, 0.25) is 0 Å². The van der Waals surface area contributed by atoms with Crippen LogP contribution in [0.4, 0.5) is 22.7 Å². The summed E-state index contributed by atoms with van der Waals surface area (Å²) in [6, 6.07) is 57.1. The zero-order chi connectivity index (χ0) is 41.2. The summed E-state index contributed by atoms with van der Waals surface area (Å²) in [4.78, 5) is 0.328. The first-order valence-electron chi connectivity index (χ1n) is 18.4. The third-order valence-corrected chi connectivity index (χ3v) is 10.5. The van der Waals surface area contributed by atoms with Crippen LogP contribution in [0.5, 0.6) is 46.0 Å². The molecule has 8 aromatic rings. The molecule has 0 radical (unpaired) electrons. The van der Waals surface area contributed by atoms with Gasteiger partial charge in [0, 0.05) is 47.0 Å². The summed E-state index contributed by atoms with van der Waals surface area (Å²) >= 11 is 0. The van der Waals surface area contributed by atoms with Crippen molar-refractivity contribution in [2.45, 2.75) is 9.79 Å². The van der Waals surface area contributed by atoms with Crippen LogP contribution in [0.3, 0.4) is 0 Å². The molecule has 8 aromatic carbocycles. The van der Waals surface area contributed by atoms with Crippen LogP contribution in [-0.2, 0) is 9.84 Å². The van der Waals surface area contributed by atoms with Crippen LogP contribution in [-0.4, -0.2) is 8.42 Å². The minimum absolute atomic E-state index is 0.164. The molecule has 0 amide bonds. The van der Waals surface area contributed by atoms with E-state index in [1.54, 1.807) is 84.9 Å². The van der Waals surface area contributed by atoms with Crippen LogP contribution in [0.1, 0.15) is 0 Å². The van der Waals surface area contributed by atoms with E-state index in [1.165, 1.54) is 24.3 Å². The van der Waals surface area contributed by atoms with Crippen LogP contribution in [0, 0.1) is 0 Å². The second-order valence-electron chi connectivity index (χ2n) is 13.2. The number of hydrogen-bond donors (Lipinski definition) is 4. The van der Waals surface area contributed by atoms with Crippen LogP contribution in [0.15, 0.2) is 204 Å². The van der Waals surface area contributed by atoms with Gasteiger partial charge in [0.2, 0.25) is 9.84 Å². The lowest BCUT2D eigenvalue weighted by atomic mass is 10.1. The van der Waals surface area contributed by atoms with Gasteiger partial charge in [-0.05, 0) is 132 Å². The molecule has 0 aromatic heterocycles. The first-order valence-corrected chi connectivity index (χ1v) is 19.8. The molecular weight excluding hydrogens is 761 g/mol. The van der Waals surface area contributed by atoms with E-state index >= 15 is 0 Å². The summed E-state index contributed by atoms with van der Waals surface area (Å²) < 4.78 is 49.0. The second-order valence-corrected chi connectivity index (χ2v) is 15.1. The molecule has 11 heteroatoms. The number of sulfone groups is 1. The number of rotatable bonds is 11. The molecule has 0 bridgehead atoms. The Labute approximate surface area is 342 Å². The van der Waals surface area contributed by atoms with Crippen molar-refractivity contribution in [2.24, 2.45) is 0 Å². The van der Waals surface area contributed by atoms with Gasteiger partial charge < -0.3 is 41.9 Å². The predicted molar refractivity (Wildman–Crippen MR) is 234 cm³/mol. The molecule has 10 nitrogen and oxygen atoms in total. The van der Waals surface area contributed by atoms with Gasteiger partial charge >= 0.3 is 0 Å². The molecule has 0 saturated heterocycles. The number of anilines is 4. The molecule has 0 aliphatic carbocycles. The van der Waals surface area contributed by atoms with Crippen molar-refractivity contribution in [1.29, 1.82) is 0 Å². The maximum Gasteiger partial charge on any atom is 0.206 e. The van der Waals surface area contributed by atoms with Gasteiger partial charge in [0.1, 0.15) is 46.0 Å². The molecule has 0 saturated carbocycles. The average molecular weight is 801 g/mol. The predicted octanol–water partition coefficient (Wildman–Crippen LogP) is 11.4. The van der Waals surface area contributed by atoms with Crippen molar-refractivity contribution in [2.75, 3.05) is 22.9 Å². The molecule has 0 heterocycles. The SMILES string of the molecule is Nc1cccc(Oc2ccc(-c3ccc(Oc4cccc(N)c4)cc3)cc2)c1.Nc1cccc(Oc2ccc(S(=O)(=O)c3ccc(Oc4cccc(N)c4)cc3)cc2)c1. The van der Waals surface area contributed by atoms with Gasteiger partial charge in [-0.3, -0.25) is 0 Å². The lowest BCUT2D eigenvalue weighted by Crippen LogP contribution is -2.01. The molecule has 8 N–H and O–H groups in total. The fourth-order valence-corrected chi connectivity index (χ4v) is 7.06. The topological polar surface area (TPSA) is 175 Å². The Morgan fingerprint density at radius 3 is 0.763 bits per heavy atom. The molecule has 8 rings (SSSR count). The summed E-state index contributed by atoms with van der Waals surface area (Å²) in [6.07, 6.45) is 0. The Hall–Kier alpha value is -7.89. The third-order valence-electron chi connectivity index (χ3n) is 8.69. The van der Waals surface area contributed by atoms with Crippen molar-refractivity contribution < 1.29 is 27.4 Å². The second kappa shape index (κ2) is 17.9. The van der Waals surface area contributed by atoms with Crippen LogP contribution >= 0.6 is 0 Å². The van der Waals surface area contributed by atoms with Crippen molar-refractivity contribution >= 4 is 32.6 Å². The number of nitrogens with two attached hydrogens (primary N) is 4. The maximum atomic E-state index is 12.9. The van der Waals surface area contributed by atoms with E-state index in [0.29, 0.717) is 45.7 Å². The van der Waals surface area contributed by atoms with E-state index in [-0.39, 0.29) is 9.79 Å². The minimum Gasteiger partial charge on any atom is -0.457 e. The Kier molecular flexibility index (Phi) is 12.0. The van der Waals surface area contributed by atoms with E-state index < -0.39 is 9.84 Å². The largest absolute Gasteiger partial charge is 0.457 e. The summed E-state index contributed by atoms with van der Waals surface area (Å²) in [5, 5.41) is 0. The van der Waals surface area contributed by atoms with Crippen molar-refractivity contribution in [3.8, 4) is 57.1 Å². The molecule has 0 fully saturated rings. The van der Waals surface area contributed by atoms with Gasteiger partial charge in [0.05, 0.1) is 9.79 Å². The van der Waals surface area contributed by atoms with Crippen molar-refractivity contribution in [3.63, 3.8) is 0 Å². The van der Waals surface area contributed by atoms with Gasteiger partial charge in [0.25, 0.3) is 0 Å². The number of ether oxygens (including phenoxy) is 4. The first-order chi connectivity index (χ1) is 28.6. The van der Waals surface area contributed by atoms with Crippen molar-refractivity contribution in [3.05, 3.63) is 194 Å². The molecule has 294 valence electrons. The lowest BCUT2D eigenvalue weighted by molar-refractivity contribution is 0.482. The normalized spacial score (nSPS) is 10.8. The first kappa shape index (κ1) is 39.3. The fourth-order valence-electron chi connectivity index (χ4n) is 5.80. The Bertz CT molecular complexity index is 2580. The van der Waals surface area contributed by atoms with Gasteiger partial charge in [-0.15, -0.1) is 0 Å². The van der Waals surface area contributed by atoms with E-state index in [0.717, 1.165) is 34.1 Å². The summed E-state index contributed by atoms with van der Waals surface area (Å²) in [7, 11) is -3.68. The number of nitrogen functional groups attached to an aromatic ring is 4. The summed E-state index contributed by atoms with van der Waals surface area (Å²) in [6.45, 7) is 0. The Morgan fingerprint density at radius 1 is 0.288 bits per heavy atom. The Morgan fingerprint density at radius 2 is 0.525 bits per heavy atom. The van der Waals surface area contributed by atoms with Gasteiger partial charge in [0.15, 0.2) is 0 Å². The highest BCUT2D eigenvalue weighted by atomic mass is 32.2. The monoisotopic (exact) mass is 800 g/mol. The molecule has 0 aliphatic rings. The summed E-state index contributed by atoms with van der Waals surface area (Å²) in [5.74, 6) is 5.13. The zero-order valence-electron chi connectivity index (χ0n) is 31.6. The van der Waals surface area contributed by atoms with Gasteiger partial charge in [-0.25, -0.2) is 8.42 Å². The third kappa shape index (κ3) is 10.7. The highest BCUT2D eigenvalue weighted by Crippen LogP contribution is 2.31. The highest BCUT2D eigenvalue weighted by Gasteiger charge is 2.18. The number of hydrogen-bond acceptors (Lipinski definition) is 10. The van der Waals surface area contributed by atoms with E-state index in [9.17, 15) is 8.42 Å². The molecule has 0 unspecified atom stereocenters. The van der Waals surface area contributed by atoms with E-state index in [2.05, 4.69) is 0 Å². The molecular formula is C48H40N4O6S. The molecule has 0 aliphatic heterocycles. The quantitative estimate of drug-likeness (QED) is 0.0921. The molecule has 0 spiro atoms. The standard InChI is InChI=1S/C24H20N2O4S.C24H20N2O2/c25-17-3-1-5-21(15-17)29-19-7-11-23(12-8-19)31(27,28)24-13-9-20(10-14-24)30-22-6-2-4-18(26)16-22;25-19-3-1-5-23(15-19)27-21-11-7-17(8-12-21)18-9-13-22(14-10-18)28-24-6-2-4-20(26)16-24/h1-16H,25-26H2;1-16H,25-26H2. The molecule has 0 atom stereocenters. The van der Waals surface area contributed by atoms with Crippen molar-refractivity contribution in [1.82, 2.24) is 0 Å². The van der Waals surface area contributed by atoms with Gasteiger partial charge in [-0.1, -0.05) is 48.5 Å². The zero-order valence-corrected chi connectivity index (χ0v) is 32.5. The maximum absolute atomic E-state index is 12.9. The fraction of sp³-hybridized carbons (Fsp3) is 0.